The second-order valence-corrected chi connectivity index (χ2v) is 7.10. The number of benzene rings is 3. The van der Waals surface area contributed by atoms with E-state index in [1.54, 1.807) is 17.9 Å². The molecule has 6 heteroatoms. The Bertz CT molecular complexity index is 1160. The second kappa shape index (κ2) is 8.84. The van der Waals surface area contributed by atoms with Crippen LogP contribution in [0.4, 0.5) is 0 Å². The second-order valence-electron chi connectivity index (χ2n) is 6.66. The van der Waals surface area contributed by atoms with E-state index < -0.39 is 0 Å². The molecule has 4 rings (SSSR count). The minimum Gasteiger partial charge on any atom is -0.480 e. The van der Waals surface area contributed by atoms with Crippen LogP contribution in [0.3, 0.4) is 0 Å². The molecule has 0 aliphatic heterocycles. The van der Waals surface area contributed by atoms with E-state index in [9.17, 15) is 4.79 Å². The van der Waals surface area contributed by atoms with Gasteiger partial charge in [0, 0.05) is 17.1 Å². The summed E-state index contributed by atoms with van der Waals surface area (Å²) in [4.78, 5) is 13.2. The number of hydrogen-bond acceptors (Lipinski definition) is 3. The standard InChI is InChI=1S/C24H20ClN3O2/c1-30-24-21(23(29)26-16-17-9-8-12-19(25)15-17)22(18-10-4-2-5-11-18)27-28(24)20-13-6-3-7-14-20/h2-15H,16H2,1H3,(H,26,29). The van der Waals surface area contributed by atoms with Gasteiger partial charge in [-0.2, -0.15) is 9.78 Å². The van der Waals surface area contributed by atoms with Crippen LogP contribution in [-0.2, 0) is 6.54 Å². The third-order valence-electron chi connectivity index (χ3n) is 4.65. The number of nitrogens with one attached hydrogen (secondary N) is 1. The normalized spacial score (nSPS) is 10.6. The first kappa shape index (κ1) is 19.7. The number of amides is 1. The summed E-state index contributed by atoms with van der Waals surface area (Å²) in [5, 5.41) is 8.31. The van der Waals surface area contributed by atoms with Crippen LogP contribution in [0, 0.1) is 0 Å². The molecular formula is C24H20ClN3O2. The molecule has 0 saturated carbocycles. The van der Waals surface area contributed by atoms with E-state index in [-0.39, 0.29) is 5.91 Å². The van der Waals surface area contributed by atoms with Gasteiger partial charge in [0.25, 0.3) is 5.91 Å². The summed E-state index contributed by atoms with van der Waals surface area (Å²) >= 11 is 6.06. The number of carbonyl (C=O) groups is 1. The zero-order valence-corrected chi connectivity index (χ0v) is 17.1. The molecule has 0 saturated heterocycles. The van der Waals surface area contributed by atoms with Crippen molar-refractivity contribution in [2.75, 3.05) is 7.11 Å². The molecule has 1 heterocycles. The summed E-state index contributed by atoms with van der Waals surface area (Å²) in [6.45, 7) is 0.341. The molecule has 0 unspecified atom stereocenters. The van der Waals surface area contributed by atoms with Gasteiger partial charge in [-0.3, -0.25) is 4.79 Å². The largest absolute Gasteiger partial charge is 0.480 e. The molecule has 4 aromatic rings. The average Bonchev–Trinajstić information content (AvgIpc) is 3.18. The number of rotatable bonds is 6. The fourth-order valence-corrected chi connectivity index (χ4v) is 3.47. The zero-order chi connectivity index (χ0) is 20.9. The molecule has 0 bridgehead atoms. The van der Waals surface area contributed by atoms with Crippen molar-refractivity contribution in [3.8, 4) is 22.8 Å². The number of aromatic nitrogens is 2. The van der Waals surface area contributed by atoms with Gasteiger partial charge in [0.15, 0.2) is 0 Å². The highest BCUT2D eigenvalue weighted by atomic mass is 35.5. The van der Waals surface area contributed by atoms with Gasteiger partial charge in [-0.25, -0.2) is 0 Å². The lowest BCUT2D eigenvalue weighted by molar-refractivity contribution is 0.0948. The SMILES string of the molecule is COc1c(C(=O)NCc2cccc(Cl)c2)c(-c2ccccc2)nn1-c1ccccc1. The molecule has 1 N–H and O–H groups in total. The van der Waals surface area contributed by atoms with Crippen LogP contribution < -0.4 is 10.1 Å². The summed E-state index contributed by atoms with van der Waals surface area (Å²) in [7, 11) is 1.54. The molecule has 3 aromatic carbocycles. The number of hydrogen-bond donors (Lipinski definition) is 1. The van der Waals surface area contributed by atoms with Gasteiger partial charge in [0.05, 0.1) is 12.8 Å². The van der Waals surface area contributed by atoms with Crippen molar-refractivity contribution in [1.29, 1.82) is 0 Å². The number of ether oxygens (including phenoxy) is 1. The van der Waals surface area contributed by atoms with E-state index in [2.05, 4.69) is 5.32 Å². The number of para-hydroxylation sites is 1. The third-order valence-corrected chi connectivity index (χ3v) is 4.89. The van der Waals surface area contributed by atoms with Crippen LogP contribution in [0.25, 0.3) is 16.9 Å². The molecular weight excluding hydrogens is 398 g/mol. The average molecular weight is 418 g/mol. The molecule has 150 valence electrons. The Morgan fingerprint density at radius 2 is 1.70 bits per heavy atom. The molecule has 0 aliphatic rings. The monoisotopic (exact) mass is 417 g/mol. The number of halogens is 1. The van der Waals surface area contributed by atoms with Crippen molar-refractivity contribution in [3.63, 3.8) is 0 Å². The molecule has 0 aliphatic carbocycles. The minimum atomic E-state index is -0.271. The van der Waals surface area contributed by atoms with Crippen molar-refractivity contribution >= 4 is 17.5 Å². The Hall–Kier alpha value is -3.57. The van der Waals surface area contributed by atoms with Crippen LogP contribution in [0.15, 0.2) is 84.9 Å². The maximum atomic E-state index is 13.2. The lowest BCUT2D eigenvalue weighted by Gasteiger charge is -2.09. The van der Waals surface area contributed by atoms with Gasteiger partial charge in [0.2, 0.25) is 5.88 Å². The highest BCUT2D eigenvalue weighted by Gasteiger charge is 2.26. The van der Waals surface area contributed by atoms with Crippen LogP contribution in [0.1, 0.15) is 15.9 Å². The molecule has 0 radical (unpaired) electrons. The maximum Gasteiger partial charge on any atom is 0.259 e. The molecule has 0 spiro atoms. The smallest absolute Gasteiger partial charge is 0.259 e. The Balaban J connectivity index is 1.76. The van der Waals surface area contributed by atoms with E-state index in [0.29, 0.717) is 28.7 Å². The third kappa shape index (κ3) is 4.07. The van der Waals surface area contributed by atoms with Gasteiger partial charge in [-0.1, -0.05) is 72.3 Å². The number of methoxy groups -OCH3 is 1. The fraction of sp³-hybridized carbons (Fsp3) is 0.0833. The predicted octanol–water partition coefficient (Wildman–Crippen LogP) is 5.13. The zero-order valence-electron chi connectivity index (χ0n) is 16.4. The molecule has 30 heavy (non-hydrogen) atoms. The predicted molar refractivity (Wildman–Crippen MR) is 118 cm³/mol. The highest BCUT2D eigenvalue weighted by molar-refractivity contribution is 6.30. The first-order chi connectivity index (χ1) is 14.7. The van der Waals surface area contributed by atoms with Crippen molar-refractivity contribution in [3.05, 3.63) is 101 Å². The fourth-order valence-electron chi connectivity index (χ4n) is 3.26. The summed E-state index contributed by atoms with van der Waals surface area (Å²) in [6.07, 6.45) is 0. The van der Waals surface area contributed by atoms with Crippen LogP contribution >= 0.6 is 11.6 Å². The molecule has 0 atom stereocenters. The lowest BCUT2D eigenvalue weighted by Crippen LogP contribution is -2.23. The Morgan fingerprint density at radius 3 is 2.37 bits per heavy atom. The summed E-state index contributed by atoms with van der Waals surface area (Å²) in [5.74, 6) is 0.108. The van der Waals surface area contributed by atoms with E-state index >= 15 is 0 Å². The summed E-state index contributed by atoms with van der Waals surface area (Å²) in [5.41, 5.74) is 3.49. The highest BCUT2D eigenvalue weighted by Crippen LogP contribution is 2.32. The first-order valence-corrected chi connectivity index (χ1v) is 9.85. The Morgan fingerprint density at radius 1 is 1.00 bits per heavy atom. The van der Waals surface area contributed by atoms with Crippen molar-refractivity contribution in [2.24, 2.45) is 0 Å². The van der Waals surface area contributed by atoms with Crippen molar-refractivity contribution in [2.45, 2.75) is 6.54 Å². The van der Waals surface area contributed by atoms with Crippen molar-refractivity contribution < 1.29 is 9.53 Å². The van der Waals surface area contributed by atoms with Gasteiger partial charge in [0.1, 0.15) is 11.3 Å². The summed E-state index contributed by atoms with van der Waals surface area (Å²) in [6, 6.07) is 26.6. The molecule has 1 amide bonds. The van der Waals surface area contributed by atoms with Crippen LogP contribution in [-0.4, -0.2) is 22.8 Å². The van der Waals surface area contributed by atoms with E-state index in [1.165, 1.54) is 0 Å². The molecule has 5 nitrogen and oxygen atoms in total. The van der Waals surface area contributed by atoms with Gasteiger partial charge < -0.3 is 10.1 Å². The summed E-state index contributed by atoms with van der Waals surface area (Å²) < 4.78 is 7.29. The van der Waals surface area contributed by atoms with E-state index in [0.717, 1.165) is 16.8 Å². The first-order valence-electron chi connectivity index (χ1n) is 9.48. The van der Waals surface area contributed by atoms with Crippen LogP contribution in [0.5, 0.6) is 5.88 Å². The van der Waals surface area contributed by atoms with Crippen LogP contribution in [0.2, 0.25) is 5.02 Å². The minimum absolute atomic E-state index is 0.271. The topological polar surface area (TPSA) is 56.1 Å². The number of carbonyl (C=O) groups excluding carboxylic acids is 1. The quantitative estimate of drug-likeness (QED) is 0.473. The Labute approximate surface area is 179 Å². The molecule has 1 aromatic heterocycles. The maximum absolute atomic E-state index is 13.2. The van der Waals surface area contributed by atoms with Gasteiger partial charge in [-0.05, 0) is 29.8 Å². The molecule has 0 fully saturated rings. The van der Waals surface area contributed by atoms with Crippen molar-refractivity contribution in [1.82, 2.24) is 15.1 Å². The van der Waals surface area contributed by atoms with Gasteiger partial charge >= 0.3 is 0 Å². The van der Waals surface area contributed by atoms with Gasteiger partial charge in [-0.15, -0.1) is 0 Å². The van der Waals surface area contributed by atoms with E-state index in [4.69, 9.17) is 21.4 Å². The Kier molecular flexibility index (Phi) is 5.82. The van der Waals surface area contributed by atoms with E-state index in [1.807, 2.05) is 78.9 Å². The lowest BCUT2D eigenvalue weighted by atomic mass is 10.1. The number of nitrogens with zero attached hydrogens (tertiary/aromatic N) is 2.